The molecule has 1 aliphatic heterocycles. The van der Waals surface area contributed by atoms with Crippen LogP contribution in [0.3, 0.4) is 0 Å². The van der Waals surface area contributed by atoms with Crippen LogP contribution in [0.2, 0.25) is 0 Å². The first kappa shape index (κ1) is 17.3. The van der Waals surface area contributed by atoms with E-state index in [-0.39, 0.29) is 0 Å². The van der Waals surface area contributed by atoms with Gasteiger partial charge in [0.2, 0.25) is 0 Å². The van der Waals surface area contributed by atoms with E-state index in [9.17, 15) is 0 Å². The molecule has 4 atom stereocenters. The molecule has 1 heterocycles. The van der Waals surface area contributed by atoms with E-state index in [1.165, 1.54) is 64.7 Å². The van der Waals surface area contributed by atoms with Gasteiger partial charge in [0, 0.05) is 12.6 Å². The van der Waals surface area contributed by atoms with Gasteiger partial charge in [-0.05, 0) is 75.4 Å². The molecule has 2 fully saturated rings. The molecule has 0 aromatic rings. The lowest BCUT2D eigenvalue weighted by Gasteiger charge is -2.44. The van der Waals surface area contributed by atoms with Crippen LogP contribution < -0.4 is 5.32 Å². The minimum absolute atomic E-state index is 0.757. The third kappa shape index (κ3) is 4.96. The van der Waals surface area contributed by atoms with E-state index in [0.29, 0.717) is 0 Å². The van der Waals surface area contributed by atoms with Crippen molar-refractivity contribution >= 4 is 0 Å². The van der Waals surface area contributed by atoms with Gasteiger partial charge in [0.15, 0.2) is 0 Å². The van der Waals surface area contributed by atoms with Crippen LogP contribution in [0.15, 0.2) is 0 Å². The first-order chi connectivity index (χ1) is 10.1. The lowest BCUT2D eigenvalue weighted by Crippen LogP contribution is -2.50. The number of nitrogens with zero attached hydrogens (tertiary/aromatic N) is 1. The van der Waals surface area contributed by atoms with Crippen LogP contribution >= 0.6 is 0 Å². The molecule has 1 aliphatic carbocycles. The lowest BCUT2D eigenvalue weighted by molar-refractivity contribution is 0.0817. The number of nitrogens with one attached hydrogen (secondary N) is 1. The molecular formula is C19H38N2. The molecule has 4 unspecified atom stereocenters. The second kappa shape index (κ2) is 8.53. The van der Waals surface area contributed by atoms with Crippen LogP contribution in [0.4, 0.5) is 0 Å². The Morgan fingerprint density at radius 2 is 1.76 bits per heavy atom. The van der Waals surface area contributed by atoms with Gasteiger partial charge in [-0.1, -0.05) is 34.1 Å². The molecule has 0 bridgehead atoms. The second-order valence-corrected chi connectivity index (χ2v) is 7.93. The first-order valence-corrected chi connectivity index (χ1v) is 9.59. The molecular weight excluding hydrogens is 256 g/mol. The highest BCUT2D eigenvalue weighted by atomic mass is 15.1. The van der Waals surface area contributed by atoms with Crippen LogP contribution in [0, 0.1) is 23.7 Å². The van der Waals surface area contributed by atoms with Crippen molar-refractivity contribution in [1.82, 2.24) is 10.2 Å². The van der Waals surface area contributed by atoms with Gasteiger partial charge in [0.05, 0.1) is 0 Å². The zero-order valence-corrected chi connectivity index (χ0v) is 14.9. The molecule has 1 saturated heterocycles. The van der Waals surface area contributed by atoms with E-state index in [1.54, 1.807) is 0 Å². The molecule has 124 valence electrons. The maximum atomic E-state index is 3.87. The number of hydrogen-bond donors (Lipinski definition) is 1. The summed E-state index contributed by atoms with van der Waals surface area (Å²) in [5, 5.41) is 3.87. The van der Waals surface area contributed by atoms with Crippen LogP contribution in [0.1, 0.15) is 66.2 Å². The topological polar surface area (TPSA) is 15.3 Å². The van der Waals surface area contributed by atoms with Gasteiger partial charge in [-0.3, -0.25) is 0 Å². The zero-order valence-electron chi connectivity index (χ0n) is 14.9. The maximum Gasteiger partial charge on any atom is 0.0113 e. The highest BCUT2D eigenvalue weighted by Gasteiger charge is 2.35. The average molecular weight is 295 g/mol. The first-order valence-electron chi connectivity index (χ1n) is 9.59. The monoisotopic (exact) mass is 294 g/mol. The Hall–Kier alpha value is -0.0800. The summed E-state index contributed by atoms with van der Waals surface area (Å²) in [5.41, 5.74) is 0. The van der Waals surface area contributed by atoms with Crippen molar-refractivity contribution in [3.8, 4) is 0 Å². The Morgan fingerprint density at radius 3 is 2.38 bits per heavy atom. The van der Waals surface area contributed by atoms with Crippen molar-refractivity contribution < 1.29 is 0 Å². The van der Waals surface area contributed by atoms with E-state index in [4.69, 9.17) is 0 Å². The summed E-state index contributed by atoms with van der Waals surface area (Å²) in [6.45, 7) is 14.8. The molecule has 1 saturated carbocycles. The normalized spacial score (nSPS) is 36.0. The van der Waals surface area contributed by atoms with Crippen LogP contribution in [-0.4, -0.2) is 37.1 Å². The molecule has 0 amide bonds. The predicted molar refractivity (Wildman–Crippen MR) is 92.6 cm³/mol. The summed E-state index contributed by atoms with van der Waals surface area (Å²) >= 11 is 0. The maximum absolute atomic E-state index is 3.87. The smallest absolute Gasteiger partial charge is 0.0113 e. The average Bonchev–Trinajstić information content (AvgIpc) is 2.48. The molecule has 2 heteroatoms. The van der Waals surface area contributed by atoms with E-state index < -0.39 is 0 Å². The standard InChI is InChI=1S/C19H38N2/c1-5-9-20-19-13-15(3)12-16(4)18(19)14-21-10-7-17(6-2)8-11-21/h15-20H,5-14H2,1-4H3. The quantitative estimate of drug-likeness (QED) is 0.791. The van der Waals surface area contributed by atoms with Crippen molar-refractivity contribution in [1.29, 1.82) is 0 Å². The molecule has 0 spiro atoms. The summed E-state index contributed by atoms with van der Waals surface area (Å²) in [6.07, 6.45) is 8.32. The van der Waals surface area contributed by atoms with E-state index >= 15 is 0 Å². The summed E-state index contributed by atoms with van der Waals surface area (Å²) in [6, 6.07) is 0.757. The molecule has 2 rings (SSSR count). The molecule has 1 N–H and O–H groups in total. The molecule has 2 aliphatic rings. The van der Waals surface area contributed by atoms with Crippen molar-refractivity contribution in [2.24, 2.45) is 23.7 Å². The summed E-state index contributed by atoms with van der Waals surface area (Å²) in [4.78, 5) is 2.77. The van der Waals surface area contributed by atoms with Crippen molar-refractivity contribution in [2.45, 2.75) is 72.3 Å². The summed E-state index contributed by atoms with van der Waals surface area (Å²) in [5.74, 6) is 3.65. The zero-order chi connectivity index (χ0) is 15.2. The summed E-state index contributed by atoms with van der Waals surface area (Å²) < 4.78 is 0. The minimum atomic E-state index is 0.757. The van der Waals surface area contributed by atoms with Gasteiger partial charge in [-0.2, -0.15) is 0 Å². The Labute approximate surface area is 133 Å². The number of rotatable bonds is 6. The van der Waals surface area contributed by atoms with Crippen molar-refractivity contribution in [2.75, 3.05) is 26.2 Å². The van der Waals surface area contributed by atoms with Gasteiger partial charge in [0.25, 0.3) is 0 Å². The third-order valence-electron chi connectivity index (χ3n) is 6.09. The van der Waals surface area contributed by atoms with Crippen LogP contribution in [0.25, 0.3) is 0 Å². The third-order valence-corrected chi connectivity index (χ3v) is 6.09. The number of likely N-dealkylation sites (tertiary alicyclic amines) is 1. The molecule has 0 radical (unpaired) electrons. The fourth-order valence-electron chi connectivity index (χ4n) is 4.66. The van der Waals surface area contributed by atoms with Gasteiger partial charge in [-0.15, -0.1) is 0 Å². The molecule has 0 aromatic carbocycles. The van der Waals surface area contributed by atoms with E-state index in [1.807, 2.05) is 0 Å². The lowest BCUT2D eigenvalue weighted by atomic mass is 9.72. The van der Waals surface area contributed by atoms with Crippen LogP contribution in [-0.2, 0) is 0 Å². The van der Waals surface area contributed by atoms with Crippen molar-refractivity contribution in [3.05, 3.63) is 0 Å². The molecule has 21 heavy (non-hydrogen) atoms. The fraction of sp³-hybridized carbons (Fsp3) is 1.00. The Balaban J connectivity index is 1.88. The van der Waals surface area contributed by atoms with E-state index in [2.05, 4.69) is 37.9 Å². The Bertz CT molecular complexity index is 283. The SMILES string of the molecule is CCCNC1CC(C)CC(C)C1CN1CCC(CC)CC1. The van der Waals surface area contributed by atoms with Gasteiger partial charge in [-0.25, -0.2) is 0 Å². The van der Waals surface area contributed by atoms with Crippen molar-refractivity contribution in [3.63, 3.8) is 0 Å². The molecule has 0 aromatic heterocycles. The van der Waals surface area contributed by atoms with E-state index in [0.717, 1.165) is 29.7 Å². The largest absolute Gasteiger partial charge is 0.314 e. The Morgan fingerprint density at radius 1 is 1.05 bits per heavy atom. The minimum Gasteiger partial charge on any atom is -0.314 e. The summed E-state index contributed by atoms with van der Waals surface area (Å²) in [7, 11) is 0. The van der Waals surface area contributed by atoms with Crippen LogP contribution in [0.5, 0.6) is 0 Å². The highest BCUT2D eigenvalue weighted by molar-refractivity contribution is 4.90. The predicted octanol–water partition coefficient (Wildman–Crippen LogP) is 4.16. The van der Waals surface area contributed by atoms with Gasteiger partial charge >= 0.3 is 0 Å². The highest BCUT2D eigenvalue weighted by Crippen LogP contribution is 2.35. The Kier molecular flexibility index (Phi) is 7.01. The van der Waals surface area contributed by atoms with Gasteiger partial charge < -0.3 is 10.2 Å². The number of piperidine rings is 1. The van der Waals surface area contributed by atoms with Gasteiger partial charge in [0.1, 0.15) is 0 Å². The molecule has 2 nitrogen and oxygen atoms in total. The second-order valence-electron chi connectivity index (χ2n) is 7.93. The number of hydrogen-bond acceptors (Lipinski definition) is 2. The fourth-order valence-corrected chi connectivity index (χ4v) is 4.66.